The van der Waals surface area contributed by atoms with Crippen molar-refractivity contribution >= 4 is 40.0 Å². The molecule has 34 heavy (non-hydrogen) atoms. The van der Waals surface area contributed by atoms with Gasteiger partial charge in [-0.05, 0) is 50.2 Å². The molecule has 0 atom stereocenters. The van der Waals surface area contributed by atoms with E-state index in [-0.39, 0.29) is 23.7 Å². The summed E-state index contributed by atoms with van der Waals surface area (Å²) in [5, 5.41) is 3.03. The van der Waals surface area contributed by atoms with E-state index in [1.807, 2.05) is 6.92 Å². The smallest absolute Gasteiger partial charge is 0.341 e. The van der Waals surface area contributed by atoms with Crippen LogP contribution in [0, 0.1) is 0 Å². The van der Waals surface area contributed by atoms with Crippen LogP contribution in [0.4, 0.5) is 5.00 Å². The van der Waals surface area contributed by atoms with Crippen molar-refractivity contribution in [2.45, 2.75) is 20.4 Å². The number of benzene rings is 2. The van der Waals surface area contributed by atoms with Crippen LogP contribution < -0.4 is 10.1 Å². The number of ether oxygens (including phenoxy) is 2. The van der Waals surface area contributed by atoms with E-state index in [1.165, 1.54) is 0 Å². The molecule has 174 valence electrons. The number of hydrogen-bond acceptors (Lipinski definition) is 7. The Bertz CT molecular complexity index is 1250. The summed E-state index contributed by atoms with van der Waals surface area (Å²) in [5.74, 6) is -1.28. The van der Waals surface area contributed by atoms with E-state index in [4.69, 9.17) is 9.47 Å². The van der Waals surface area contributed by atoms with E-state index in [9.17, 15) is 19.2 Å². The number of anilines is 1. The van der Waals surface area contributed by atoms with Gasteiger partial charge < -0.3 is 14.8 Å². The predicted molar refractivity (Wildman–Crippen MR) is 126 cm³/mol. The molecule has 1 aliphatic heterocycles. The van der Waals surface area contributed by atoms with Crippen molar-refractivity contribution < 1.29 is 28.7 Å². The SMILES string of the molecule is CCOC(=O)c1cc(CN2C(=O)c3ccccc3C2=O)sc1NC(=O)c1cccc(OCC)c1. The number of imide groups is 1. The fourth-order valence-electron chi connectivity index (χ4n) is 3.58. The normalized spacial score (nSPS) is 12.5. The Labute approximate surface area is 200 Å². The Hall–Kier alpha value is -3.98. The van der Waals surface area contributed by atoms with Gasteiger partial charge in [-0.1, -0.05) is 18.2 Å². The quantitative estimate of drug-likeness (QED) is 0.381. The van der Waals surface area contributed by atoms with Gasteiger partial charge in [0.15, 0.2) is 0 Å². The molecule has 1 aliphatic rings. The van der Waals surface area contributed by atoms with Gasteiger partial charge in [-0.15, -0.1) is 11.3 Å². The largest absolute Gasteiger partial charge is 0.494 e. The molecule has 0 fully saturated rings. The number of nitrogens with zero attached hydrogens (tertiary/aromatic N) is 1. The van der Waals surface area contributed by atoms with Crippen LogP contribution in [0.1, 0.15) is 60.2 Å². The summed E-state index contributed by atoms with van der Waals surface area (Å²) in [4.78, 5) is 52.6. The van der Waals surface area contributed by atoms with Crippen LogP contribution in [0.25, 0.3) is 0 Å². The minimum absolute atomic E-state index is 0.0287. The highest BCUT2D eigenvalue weighted by molar-refractivity contribution is 7.16. The molecule has 0 unspecified atom stereocenters. The van der Waals surface area contributed by atoms with Crippen molar-refractivity contribution in [2.75, 3.05) is 18.5 Å². The van der Waals surface area contributed by atoms with Gasteiger partial charge in [-0.3, -0.25) is 19.3 Å². The number of thiophene rings is 1. The average Bonchev–Trinajstić information content (AvgIpc) is 3.34. The Balaban J connectivity index is 1.60. The van der Waals surface area contributed by atoms with Gasteiger partial charge in [0.2, 0.25) is 0 Å². The molecule has 9 heteroatoms. The fraction of sp³-hybridized carbons (Fsp3) is 0.200. The molecule has 2 aromatic carbocycles. The molecule has 0 aliphatic carbocycles. The second-order valence-electron chi connectivity index (χ2n) is 7.33. The van der Waals surface area contributed by atoms with Crippen LogP contribution in [0.2, 0.25) is 0 Å². The van der Waals surface area contributed by atoms with E-state index in [1.54, 1.807) is 61.5 Å². The zero-order valence-corrected chi connectivity index (χ0v) is 19.4. The van der Waals surface area contributed by atoms with Crippen molar-refractivity contribution in [1.29, 1.82) is 0 Å². The number of carbonyl (C=O) groups is 4. The minimum Gasteiger partial charge on any atom is -0.494 e. The number of carbonyl (C=O) groups excluding carboxylic acids is 4. The van der Waals surface area contributed by atoms with Crippen LogP contribution in [0.5, 0.6) is 5.75 Å². The van der Waals surface area contributed by atoms with Crippen LogP contribution in [-0.2, 0) is 11.3 Å². The van der Waals surface area contributed by atoms with Crippen LogP contribution >= 0.6 is 11.3 Å². The first-order valence-corrected chi connectivity index (χ1v) is 11.5. The summed E-state index contributed by atoms with van der Waals surface area (Å²) >= 11 is 1.11. The van der Waals surface area contributed by atoms with Crippen molar-refractivity contribution in [3.05, 3.63) is 81.7 Å². The second kappa shape index (κ2) is 9.88. The van der Waals surface area contributed by atoms with Crippen molar-refractivity contribution in [1.82, 2.24) is 4.90 Å². The summed E-state index contributed by atoms with van der Waals surface area (Å²) in [6.45, 7) is 4.12. The van der Waals surface area contributed by atoms with E-state index in [2.05, 4.69) is 5.32 Å². The lowest BCUT2D eigenvalue weighted by molar-refractivity contribution is 0.0527. The molecule has 2 heterocycles. The molecule has 3 amide bonds. The van der Waals surface area contributed by atoms with Gasteiger partial charge >= 0.3 is 5.97 Å². The van der Waals surface area contributed by atoms with Gasteiger partial charge in [0.05, 0.1) is 36.4 Å². The summed E-state index contributed by atoms with van der Waals surface area (Å²) in [6.07, 6.45) is 0. The molecule has 1 N–H and O–H groups in total. The Morgan fingerprint density at radius 1 is 0.941 bits per heavy atom. The number of hydrogen-bond donors (Lipinski definition) is 1. The van der Waals surface area contributed by atoms with Gasteiger partial charge in [0.1, 0.15) is 10.8 Å². The maximum absolute atomic E-state index is 12.9. The third-order valence-corrected chi connectivity index (χ3v) is 6.14. The first-order chi connectivity index (χ1) is 16.4. The maximum Gasteiger partial charge on any atom is 0.341 e. The fourth-order valence-corrected chi connectivity index (χ4v) is 4.61. The second-order valence-corrected chi connectivity index (χ2v) is 8.47. The Kier molecular flexibility index (Phi) is 6.74. The first-order valence-electron chi connectivity index (χ1n) is 10.7. The highest BCUT2D eigenvalue weighted by Gasteiger charge is 2.35. The van der Waals surface area contributed by atoms with Crippen molar-refractivity contribution in [3.8, 4) is 5.75 Å². The lowest BCUT2D eigenvalue weighted by Crippen LogP contribution is -2.28. The van der Waals surface area contributed by atoms with E-state index in [0.29, 0.717) is 33.9 Å². The molecule has 8 nitrogen and oxygen atoms in total. The maximum atomic E-state index is 12.9. The molecule has 1 aromatic heterocycles. The minimum atomic E-state index is -0.606. The number of nitrogens with one attached hydrogen (secondary N) is 1. The van der Waals surface area contributed by atoms with E-state index >= 15 is 0 Å². The number of rotatable bonds is 8. The van der Waals surface area contributed by atoms with Crippen molar-refractivity contribution in [3.63, 3.8) is 0 Å². The summed E-state index contributed by atoms with van der Waals surface area (Å²) in [7, 11) is 0. The van der Waals surface area contributed by atoms with Crippen LogP contribution in [-0.4, -0.2) is 41.8 Å². The van der Waals surface area contributed by atoms with Crippen molar-refractivity contribution in [2.24, 2.45) is 0 Å². The van der Waals surface area contributed by atoms with Gasteiger partial charge in [-0.25, -0.2) is 4.79 Å². The lowest BCUT2D eigenvalue weighted by atomic mass is 10.1. The number of esters is 1. The monoisotopic (exact) mass is 478 g/mol. The summed E-state index contributed by atoms with van der Waals surface area (Å²) < 4.78 is 10.6. The standard InChI is InChI=1S/C25H22N2O6S/c1-3-32-16-9-7-8-15(12-16)21(28)26-22-20(25(31)33-4-2)13-17(34-22)14-27-23(29)18-10-5-6-11-19(18)24(27)30/h5-13H,3-4,14H2,1-2H3,(H,26,28). The Morgan fingerprint density at radius 2 is 1.65 bits per heavy atom. The average molecular weight is 479 g/mol. The molecular formula is C25H22N2O6S. The van der Waals surface area contributed by atoms with Gasteiger partial charge in [0, 0.05) is 10.4 Å². The number of amides is 3. The predicted octanol–water partition coefficient (Wildman–Crippen LogP) is 4.37. The third-order valence-electron chi connectivity index (χ3n) is 5.10. The molecule has 0 saturated carbocycles. The molecule has 0 saturated heterocycles. The van der Waals surface area contributed by atoms with Crippen LogP contribution in [0.15, 0.2) is 54.6 Å². The molecular weight excluding hydrogens is 456 g/mol. The Morgan fingerprint density at radius 3 is 2.29 bits per heavy atom. The lowest BCUT2D eigenvalue weighted by Gasteiger charge is -2.12. The molecule has 3 aromatic rings. The molecule has 0 spiro atoms. The van der Waals surface area contributed by atoms with Gasteiger partial charge in [0.25, 0.3) is 17.7 Å². The van der Waals surface area contributed by atoms with E-state index < -0.39 is 23.7 Å². The highest BCUT2D eigenvalue weighted by atomic mass is 32.1. The highest BCUT2D eigenvalue weighted by Crippen LogP contribution is 2.33. The van der Waals surface area contributed by atoms with Gasteiger partial charge in [-0.2, -0.15) is 0 Å². The number of fused-ring (bicyclic) bond motifs is 1. The van der Waals surface area contributed by atoms with E-state index in [0.717, 1.165) is 16.2 Å². The molecule has 0 bridgehead atoms. The first kappa shape index (κ1) is 23.2. The molecule has 4 rings (SSSR count). The van der Waals surface area contributed by atoms with Crippen LogP contribution in [0.3, 0.4) is 0 Å². The summed E-state index contributed by atoms with van der Waals surface area (Å²) in [6, 6.07) is 14.8. The molecule has 0 radical (unpaired) electrons. The zero-order valence-electron chi connectivity index (χ0n) is 18.6. The summed E-state index contributed by atoms with van der Waals surface area (Å²) in [5.41, 5.74) is 1.21. The topological polar surface area (TPSA) is 102 Å². The zero-order chi connectivity index (χ0) is 24.2. The third kappa shape index (κ3) is 4.55.